The van der Waals surface area contributed by atoms with Gasteiger partial charge in [-0.25, -0.2) is 0 Å². The summed E-state index contributed by atoms with van der Waals surface area (Å²) in [5.74, 6) is 1.21. The molecule has 0 aromatic heterocycles. The van der Waals surface area contributed by atoms with Gasteiger partial charge in [0.1, 0.15) is 18.1 Å². The number of nitrogens with one attached hydrogen (secondary N) is 1. The van der Waals surface area contributed by atoms with E-state index < -0.39 is 6.10 Å². The average molecular weight is 347 g/mol. The van der Waals surface area contributed by atoms with Crippen molar-refractivity contribution >= 4 is 22.4 Å². The molecule has 0 fully saturated rings. The van der Waals surface area contributed by atoms with Gasteiger partial charge in [0.15, 0.2) is 6.10 Å². The third kappa shape index (κ3) is 4.22. The third-order valence-corrected chi connectivity index (χ3v) is 3.91. The Labute approximate surface area is 153 Å². The molecule has 0 aliphatic carbocycles. The van der Waals surface area contributed by atoms with Crippen molar-refractivity contribution in [3.05, 3.63) is 79.4 Å². The fourth-order valence-corrected chi connectivity index (χ4v) is 2.58. The van der Waals surface area contributed by atoms with Gasteiger partial charge in [0, 0.05) is 11.1 Å². The summed E-state index contributed by atoms with van der Waals surface area (Å²) in [4.78, 5) is 12.4. The molecule has 0 aliphatic heterocycles. The summed E-state index contributed by atoms with van der Waals surface area (Å²) in [7, 11) is 0. The molecule has 0 radical (unpaired) electrons. The Morgan fingerprint density at radius 3 is 2.58 bits per heavy atom. The molecule has 3 rings (SSSR count). The van der Waals surface area contributed by atoms with Gasteiger partial charge in [0.25, 0.3) is 5.91 Å². The molecule has 0 aliphatic rings. The lowest BCUT2D eigenvalue weighted by Crippen LogP contribution is -2.30. The zero-order valence-corrected chi connectivity index (χ0v) is 14.6. The molecule has 3 aromatic rings. The fourth-order valence-electron chi connectivity index (χ4n) is 2.58. The van der Waals surface area contributed by atoms with Crippen LogP contribution in [0.5, 0.6) is 11.5 Å². The maximum absolute atomic E-state index is 12.4. The van der Waals surface area contributed by atoms with Crippen molar-refractivity contribution in [2.24, 2.45) is 0 Å². The van der Waals surface area contributed by atoms with Crippen molar-refractivity contribution in [2.75, 3.05) is 11.9 Å². The Hall–Kier alpha value is -3.27. The summed E-state index contributed by atoms with van der Waals surface area (Å²) in [5.41, 5.74) is 0.689. The van der Waals surface area contributed by atoms with Gasteiger partial charge in [-0.15, -0.1) is 0 Å². The second-order valence-corrected chi connectivity index (χ2v) is 5.85. The van der Waals surface area contributed by atoms with Gasteiger partial charge >= 0.3 is 0 Å². The molecule has 1 N–H and O–H groups in total. The van der Waals surface area contributed by atoms with Crippen molar-refractivity contribution in [2.45, 2.75) is 13.0 Å². The molecule has 1 amide bonds. The van der Waals surface area contributed by atoms with Gasteiger partial charge in [0.05, 0.1) is 0 Å². The highest BCUT2D eigenvalue weighted by atomic mass is 16.5. The molecule has 0 unspecified atom stereocenters. The van der Waals surface area contributed by atoms with Crippen LogP contribution in [0.25, 0.3) is 10.8 Å². The lowest BCUT2D eigenvalue weighted by Gasteiger charge is -2.16. The molecule has 0 spiro atoms. The highest BCUT2D eigenvalue weighted by molar-refractivity contribution is 5.95. The smallest absolute Gasteiger partial charge is 0.265 e. The highest BCUT2D eigenvalue weighted by Crippen LogP contribution is 2.26. The van der Waals surface area contributed by atoms with Crippen molar-refractivity contribution in [3.63, 3.8) is 0 Å². The number of rotatable bonds is 7. The van der Waals surface area contributed by atoms with Crippen LogP contribution in [0.4, 0.5) is 5.69 Å². The van der Waals surface area contributed by atoms with Crippen LogP contribution in [0.3, 0.4) is 0 Å². The van der Waals surface area contributed by atoms with Crippen LogP contribution in [0.15, 0.2) is 79.4 Å². The quantitative estimate of drug-likeness (QED) is 0.624. The monoisotopic (exact) mass is 347 g/mol. The number of hydrogen-bond donors (Lipinski definition) is 1. The zero-order chi connectivity index (χ0) is 18.4. The fraction of sp³-hybridized carbons (Fsp3) is 0.136. The van der Waals surface area contributed by atoms with Gasteiger partial charge < -0.3 is 14.8 Å². The van der Waals surface area contributed by atoms with Crippen LogP contribution < -0.4 is 14.8 Å². The lowest BCUT2D eigenvalue weighted by atomic mass is 10.1. The maximum Gasteiger partial charge on any atom is 0.265 e. The standard InChI is InChI=1S/C22H21NO3/c1-3-15-25-19-13-11-18(12-14-19)23-22(24)16(2)26-21-10-6-8-17-7-4-5-9-20(17)21/h3-14,16H,1,15H2,2H3,(H,23,24)/t16-/m1/s1. The first-order valence-corrected chi connectivity index (χ1v) is 8.46. The first-order valence-electron chi connectivity index (χ1n) is 8.46. The Morgan fingerprint density at radius 2 is 1.81 bits per heavy atom. The minimum Gasteiger partial charge on any atom is -0.490 e. The van der Waals surface area contributed by atoms with Crippen LogP contribution in [-0.2, 0) is 4.79 Å². The number of amides is 1. The highest BCUT2D eigenvalue weighted by Gasteiger charge is 2.16. The molecule has 132 valence electrons. The molecular formula is C22H21NO3. The summed E-state index contributed by atoms with van der Waals surface area (Å²) in [6, 6.07) is 20.9. The van der Waals surface area contributed by atoms with E-state index in [-0.39, 0.29) is 5.91 Å². The Balaban J connectivity index is 1.65. The second-order valence-electron chi connectivity index (χ2n) is 5.85. The summed E-state index contributed by atoms with van der Waals surface area (Å²) < 4.78 is 11.3. The Kier molecular flexibility index (Phi) is 5.54. The van der Waals surface area contributed by atoms with E-state index in [2.05, 4.69) is 11.9 Å². The molecule has 1 atom stereocenters. The van der Waals surface area contributed by atoms with Gasteiger partial charge in [-0.2, -0.15) is 0 Å². The molecule has 0 saturated heterocycles. The zero-order valence-electron chi connectivity index (χ0n) is 14.6. The SMILES string of the molecule is C=CCOc1ccc(NC(=O)[C@@H](C)Oc2cccc3ccccc23)cc1. The molecule has 0 heterocycles. The maximum atomic E-state index is 12.4. The van der Waals surface area contributed by atoms with E-state index in [1.165, 1.54) is 0 Å². The number of carbonyl (C=O) groups is 1. The third-order valence-electron chi connectivity index (χ3n) is 3.91. The molecule has 0 saturated carbocycles. The van der Waals surface area contributed by atoms with E-state index in [0.717, 1.165) is 16.5 Å². The molecule has 26 heavy (non-hydrogen) atoms. The Bertz CT molecular complexity index is 897. The molecule has 4 nitrogen and oxygen atoms in total. The van der Waals surface area contributed by atoms with Crippen molar-refractivity contribution in [1.29, 1.82) is 0 Å². The topological polar surface area (TPSA) is 47.6 Å². The van der Waals surface area contributed by atoms with Crippen LogP contribution in [0.1, 0.15) is 6.92 Å². The first-order chi connectivity index (χ1) is 12.7. The average Bonchev–Trinajstić information content (AvgIpc) is 2.67. The number of hydrogen-bond acceptors (Lipinski definition) is 3. The first kappa shape index (κ1) is 17.5. The summed E-state index contributed by atoms with van der Waals surface area (Å²) in [6.07, 6.45) is 1.06. The minimum atomic E-state index is -0.627. The van der Waals surface area contributed by atoms with E-state index in [1.54, 1.807) is 37.3 Å². The number of fused-ring (bicyclic) bond motifs is 1. The molecule has 0 bridgehead atoms. The predicted molar refractivity (Wildman–Crippen MR) is 105 cm³/mol. The van der Waals surface area contributed by atoms with Crippen LogP contribution in [-0.4, -0.2) is 18.6 Å². The largest absolute Gasteiger partial charge is 0.490 e. The van der Waals surface area contributed by atoms with E-state index >= 15 is 0 Å². The number of anilines is 1. The van der Waals surface area contributed by atoms with Gasteiger partial charge in [0.2, 0.25) is 0 Å². The van der Waals surface area contributed by atoms with Crippen LogP contribution >= 0.6 is 0 Å². The number of carbonyl (C=O) groups excluding carboxylic acids is 1. The predicted octanol–water partition coefficient (Wildman–Crippen LogP) is 4.81. The van der Waals surface area contributed by atoms with E-state index in [1.807, 2.05) is 42.5 Å². The molecule has 3 aromatic carbocycles. The van der Waals surface area contributed by atoms with Crippen LogP contribution in [0, 0.1) is 0 Å². The van der Waals surface area contributed by atoms with Gasteiger partial charge in [-0.05, 0) is 42.6 Å². The minimum absolute atomic E-state index is 0.210. The van der Waals surface area contributed by atoms with E-state index in [4.69, 9.17) is 9.47 Å². The summed E-state index contributed by atoms with van der Waals surface area (Å²) >= 11 is 0. The lowest BCUT2D eigenvalue weighted by molar-refractivity contribution is -0.122. The summed E-state index contributed by atoms with van der Waals surface area (Å²) in [5, 5.41) is 4.91. The molecule has 4 heteroatoms. The van der Waals surface area contributed by atoms with Crippen molar-refractivity contribution < 1.29 is 14.3 Å². The number of benzene rings is 3. The van der Waals surface area contributed by atoms with Gasteiger partial charge in [-0.1, -0.05) is 49.1 Å². The summed E-state index contributed by atoms with van der Waals surface area (Å²) in [6.45, 7) is 5.79. The Morgan fingerprint density at radius 1 is 1.08 bits per heavy atom. The van der Waals surface area contributed by atoms with Crippen molar-refractivity contribution in [3.8, 4) is 11.5 Å². The van der Waals surface area contributed by atoms with Gasteiger partial charge in [-0.3, -0.25) is 4.79 Å². The second kappa shape index (κ2) is 8.21. The normalized spacial score (nSPS) is 11.6. The number of ether oxygens (including phenoxy) is 2. The van der Waals surface area contributed by atoms with E-state index in [9.17, 15) is 4.79 Å². The van der Waals surface area contributed by atoms with E-state index in [0.29, 0.717) is 18.0 Å². The molecular weight excluding hydrogens is 326 g/mol. The van der Waals surface area contributed by atoms with Crippen molar-refractivity contribution in [1.82, 2.24) is 0 Å². The van der Waals surface area contributed by atoms with Crippen LogP contribution in [0.2, 0.25) is 0 Å².